The molecule has 4 unspecified atom stereocenters. The van der Waals surface area contributed by atoms with Gasteiger partial charge in [-0.25, -0.2) is 13.2 Å². The number of imide groups is 1. The minimum atomic E-state index is -3.45. The molecule has 10 nitrogen and oxygen atoms in total. The summed E-state index contributed by atoms with van der Waals surface area (Å²) in [6.45, 7) is -0.324. The summed E-state index contributed by atoms with van der Waals surface area (Å²) < 4.78 is 27.9. The minimum absolute atomic E-state index is 0.0976. The Morgan fingerprint density at radius 1 is 1.21 bits per heavy atom. The van der Waals surface area contributed by atoms with Crippen LogP contribution in [0.5, 0.6) is 0 Å². The number of carbonyl (C=O) groups is 4. The molecule has 0 bridgehead atoms. The number of methoxy groups -OCH3 is 1. The lowest BCUT2D eigenvalue weighted by Crippen LogP contribution is -2.56. The van der Waals surface area contributed by atoms with Gasteiger partial charge in [-0.1, -0.05) is 12.1 Å². The lowest BCUT2D eigenvalue weighted by atomic mass is 9.78. The molecular formula is C21H26N2O8S2. The van der Waals surface area contributed by atoms with Crippen molar-refractivity contribution in [2.45, 2.75) is 18.0 Å². The normalized spacial score (nSPS) is 27.0. The molecule has 3 rings (SSSR count). The van der Waals surface area contributed by atoms with E-state index >= 15 is 0 Å². The van der Waals surface area contributed by atoms with Crippen molar-refractivity contribution in [1.82, 2.24) is 10.2 Å². The summed E-state index contributed by atoms with van der Waals surface area (Å²) >= 11 is 1.42. The van der Waals surface area contributed by atoms with Crippen LogP contribution in [0.1, 0.15) is 28.4 Å². The fourth-order valence-electron chi connectivity index (χ4n) is 4.57. The molecule has 2 amide bonds. The number of carboxylic acids is 1. The number of benzene rings is 1. The molecule has 0 aromatic heterocycles. The van der Waals surface area contributed by atoms with Gasteiger partial charge in [0.15, 0.2) is 0 Å². The Bertz CT molecular complexity index is 1070. The predicted octanol–water partition coefficient (Wildman–Crippen LogP) is 0.340. The SMILES string of the molecule is COC(=O)c1ccc(C2NC(CCSC)(C(=O)O)C3C(=O)N(CCS(C)(=O)=O)C(=O)C23)cc1. The Balaban J connectivity index is 2.05. The zero-order valence-electron chi connectivity index (χ0n) is 18.4. The number of rotatable bonds is 9. The first-order valence-corrected chi connectivity index (χ1v) is 13.6. The first-order chi connectivity index (χ1) is 15.5. The van der Waals surface area contributed by atoms with Crippen LogP contribution in [0.4, 0.5) is 0 Å². The van der Waals surface area contributed by atoms with Gasteiger partial charge in [0.1, 0.15) is 15.4 Å². The number of carboxylic acid groups (broad SMARTS) is 1. The van der Waals surface area contributed by atoms with E-state index in [0.717, 1.165) is 11.2 Å². The van der Waals surface area contributed by atoms with Crippen molar-refractivity contribution < 1.29 is 37.4 Å². The molecule has 4 atom stereocenters. The molecule has 180 valence electrons. The summed E-state index contributed by atoms with van der Waals surface area (Å²) in [6, 6.07) is 5.38. The van der Waals surface area contributed by atoms with E-state index in [4.69, 9.17) is 4.74 Å². The minimum Gasteiger partial charge on any atom is -0.480 e. The lowest BCUT2D eigenvalue weighted by molar-refractivity contribution is -0.151. The standard InChI is InChI=1S/C21H26N2O8S2/c1-31-19(26)13-6-4-12(5-7-13)16-14-15(21(22-16,20(27)28)8-10-32-2)18(25)23(17(14)24)9-11-33(3,29)30/h4-7,14-16,22H,8-11H2,1-3H3,(H,27,28). The zero-order valence-corrected chi connectivity index (χ0v) is 20.1. The van der Waals surface area contributed by atoms with Crippen LogP contribution in [-0.4, -0.2) is 85.4 Å². The Morgan fingerprint density at radius 3 is 2.36 bits per heavy atom. The van der Waals surface area contributed by atoms with Gasteiger partial charge in [0.05, 0.1) is 30.3 Å². The summed E-state index contributed by atoms with van der Waals surface area (Å²) in [4.78, 5) is 51.7. The molecule has 2 fully saturated rings. The number of ether oxygens (including phenoxy) is 1. The second-order valence-electron chi connectivity index (χ2n) is 8.22. The highest BCUT2D eigenvalue weighted by Gasteiger charge is 2.68. The topological polar surface area (TPSA) is 147 Å². The maximum Gasteiger partial charge on any atom is 0.337 e. The number of likely N-dealkylation sites (tertiary alicyclic amines) is 1. The summed E-state index contributed by atoms with van der Waals surface area (Å²) in [7, 11) is -2.20. The molecule has 2 aliphatic heterocycles. The maximum atomic E-state index is 13.3. The van der Waals surface area contributed by atoms with Gasteiger partial charge >= 0.3 is 11.9 Å². The van der Waals surface area contributed by atoms with Gasteiger partial charge in [0.25, 0.3) is 0 Å². The van der Waals surface area contributed by atoms with Crippen molar-refractivity contribution in [2.24, 2.45) is 11.8 Å². The van der Waals surface area contributed by atoms with Gasteiger partial charge in [-0.3, -0.25) is 24.6 Å². The number of fused-ring (bicyclic) bond motifs is 1. The maximum absolute atomic E-state index is 13.3. The summed E-state index contributed by atoms with van der Waals surface area (Å²) in [5, 5.41) is 13.2. The van der Waals surface area contributed by atoms with Crippen LogP contribution < -0.4 is 5.32 Å². The molecule has 0 saturated carbocycles. The molecule has 2 heterocycles. The second kappa shape index (κ2) is 9.43. The van der Waals surface area contributed by atoms with Gasteiger partial charge in [0.2, 0.25) is 11.8 Å². The second-order valence-corrected chi connectivity index (χ2v) is 11.5. The largest absolute Gasteiger partial charge is 0.480 e. The molecule has 12 heteroatoms. The summed E-state index contributed by atoms with van der Waals surface area (Å²) in [6.07, 6.45) is 2.91. The Hall–Kier alpha value is -2.44. The van der Waals surface area contributed by atoms with Crippen LogP contribution in [0.2, 0.25) is 0 Å². The fraction of sp³-hybridized carbons (Fsp3) is 0.524. The van der Waals surface area contributed by atoms with Gasteiger partial charge < -0.3 is 9.84 Å². The molecule has 2 N–H and O–H groups in total. The van der Waals surface area contributed by atoms with E-state index in [9.17, 15) is 32.7 Å². The number of aliphatic carboxylic acids is 1. The van der Waals surface area contributed by atoms with Crippen molar-refractivity contribution in [2.75, 3.05) is 37.7 Å². The van der Waals surface area contributed by atoms with Gasteiger partial charge in [-0.05, 0) is 36.1 Å². The first-order valence-electron chi connectivity index (χ1n) is 10.2. The number of hydrogen-bond acceptors (Lipinski definition) is 9. The highest BCUT2D eigenvalue weighted by Crippen LogP contribution is 2.50. The number of thioether (sulfide) groups is 1. The van der Waals surface area contributed by atoms with Crippen LogP contribution >= 0.6 is 11.8 Å². The Kier molecular flexibility index (Phi) is 7.20. The Labute approximate surface area is 196 Å². The fourth-order valence-corrected chi connectivity index (χ4v) is 5.61. The third-order valence-corrected chi connectivity index (χ3v) is 7.74. The predicted molar refractivity (Wildman–Crippen MR) is 120 cm³/mol. The average molecular weight is 499 g/mol. The van der Waals surface area contributed by atoms with Crippen molar-refractivity contribution >= 4 is 45.4 Å². The van der Waals surface area contributed by atoms with E-state index in [1.165, 1.54) is 31.0 Å². The number of nitrogens with zero attached hydrogens (tertiary/aromatic N) is 1. The van der Waals surface area contributed by atoms with Crippen molar-refractivity contribution in [3.63, 3.8) is 0 Å². The van der Waals surface area contributed by atoms with E-state index in [-0.39, 0.29) is 18.5 Å². The van der Waals surface area contributed by atoms with Crippen LogP contribution in [0.3, 0.4) is 0 Å². The lowest BCUT2D eigenvalue weighted by Gasteiger charge is -2.31. The molecule has 1 aromatic carbocycles. The van der Waals surface area contributed by atoms with Gasteiger partial charge in [-0.15, -0.1) is 0 Å². The zero-order chi connectivity index (χ0) is 24.6. The van der Waals surface area contributed by atoms with Crippen molar-refractivity contribution in [3.05, 3.63) is 35.4 Å². The molecular weight excluding hydrogens is 472 g/mol. The van der Waals surface area contributed by atoms with Gasteiger partial charge in [0, 0.05) is 18.8 Å². The van der Waals surface area contributed by atoms with Crippen LogP contribution in [0.15, 0.2) is 24.3 Å². The van der Waals surface area contributed by atoms with E-state index in [2.05, 4.69) is 5.32 Å². The van der Waals surface area contributed by atoms with Crippen LogP contribution in [-0.2, 0) is 29.0 Å². The van der Waals surface area contributed by atoms with E-state index in [1.54, 1.807) is 12.1 Å². The van der Waals surface area contributed by atoms with Crippen LogP contribution in [0, 0.1) is 11.8 Å². The first kappa shape index (κ1) is 25.2. The van der Waals surface area contributed by atoms with Crippen LogP contribution in [0.25, 0.3) is 0 Å². The average Bonchev–Trinajstić information content (AvgIpc) is 3.24. The number of carbonyl (C=O) groups excluding carboxylic acids is 3. The summed E-state index contributed by atoms with van der Waals surface area (Å²) in [5.74, 6) is -5.24. The highest BCUT2D eigenvalue weighted by molar-refractivity contribution is 7.98. The van der Waals surface area contributed by atoms with Crippen molar-refractivity contribution in [1.29, 1.82) is 0 Å². The van der Waals surface area contributed by atoms with Crippen molar-refractivity contribution in [3.8, 4) is 0 Å². The third-order valence-electron chi connectivity index (χ3n) is 6.20. The molecule has 2 aliphatic rings. The molecule has 0 aliphatic carbocycles. The molecule has 0 radical (unpaired) electrons. The number of nitrogens with one attached hydrogen (secondary N) is 1. The van der Waals surface area contributed by atoms with E-state index in [0.29, 0.717) is 11.3 Å². The highest BCUT2D eigenvalue weighted by atomic mass is 32.2. The molecule has 1 aromatic rings. The quantitative estimate of drug-likeness (QED) is 0.361. The number of hydrogen-bond donors (Lipinski definition) is 2. The smallest absolute Gasteiger partial charge is 0.337 e. The summed E-state index contributed by atoms with van der Waals surface area (Å²) in [5.41, 5.74) is -0.867. The number of esters is 1. The van der Waals surface area contributed by atoms with E-state index in [1.807, 2.05) is 6.26 Å². The van der Waals surface area contributed by atoms with E-state index < -0.39 is 62.8 Å². The number of amides is 2. The molecule has 2 saturated heterocycles. The number of sulfone groups is 1. The molecule has 33 heavy (non-hydrogen) atoms. The third kappa shape index (κ3) is 4.64. The monoisotopic (exact) mass is 498 g/mol. The van der Waals surface area contributed by atoms with Gasteiger partial charge in [-0.2, -0.15) is 11.8 Å². The Morgan fingerprint density at radius 2 is 1.85 bits per heavy atom. The molecule has 0 spiro atoms.